The molecule has 1 amide bonds. The van der Waals surface area contributed by atoms with Gasteiger partial charge in [-0.2, -0.15) is 0 Å². The minimum Gasteiger partial charge on any atom is -0.394 e. The Morgan fingerprint density at radius 2 is 2.26 bits per heavy atom. The lowest BCUT2D eigenvalue weighted by molar-refractivity contribution is 0.0875. The van der Waals surface area contributed by atoms with Crippen LogP contribution in [0.4, 0.5) is 0 Å². The molecule has 2 aromatic rings. The summed E-state index contributed by atoms with van der Waals surface area (Å²) < 4.78 is 0. The number of aromatic amines is 1. The molecule has 0 unspecified atom stereocenters. The molecule has 7 heteroatoms. The van der Waals surface area contributed by atoms with Crippen LogP contribution >= 0.6 is 11.3 Å². The second-order valence-electron chi connectivity index (χ2n) is 4.09. The Morgan fingerprint density at radius 1 is 1.53 bits per heavy atom. The molecule has 6 nitrogen and oxygen atoms in total. The van der Waals surface area contributed by atoms with Crippen molar-refractivity contribution in [1.82, 2.24) is 15.3 Å². The van der Waals surface area contributed by atoms with Crippen LogP contribution in [-0.2, 0) is 0 Å². The van der Waals surface area contributed by atoms with E-state index < -0.39 is 6.04 Å². The van der Waals surface area contributed by atoms with Gasteiger partial charge in [0.2, 0.25) is 0 Å². The number of aliphatic hydroxyl groups excluding tert-OH is 2. The predicted molar refractivity (Wildman–Crippen MR) is 72.1 cm³/mol. The molecule has 2 aromatic heterocycles. The molecule has 0 aliphatic heterocycles. The van der Waals surface area contributed by atoms with Crippen molar-refractivity contribution >= 4 is 17.2 Å². The number of aromatic nitrogens is 2. The normalized spacial score (nSPS) is 10.9. The van der Waals surface area contributed by atoms with E-state index in [1.54, 1.807) is 23.6 Å². The number of nitrogens with one attached hydrogen (secondary N) is 2. The maximum atomic E-state index is 11.8. The molecule has 0 fully saturated rings. The Balaban J connectivity index is 2.10. The van der Waals surface area contributed by atoms with Crippen molar-refractivity contribution in [3.8, 4) is 11.3 Å². The summed E-state index contributed by atoms with van der Waals surface area (Å²) in [5.74, 6) is -0.369. The maximum Gasteiger partial charge on any atom is 0.268 e. The lowest BCUT2D eigenvalue weighted by Crippen LogP contribution is -2.40. The topological polar surface area (TPSA) is 98.2 Å². The zero-order valence-electron chi connectivity index (χ0n) is 10.4. The summed E-state index contributed by atoms with van der Waals surface area (Å²) in [6, 6.07) is 1.04. The molecule has 0 aromatic carbocycles. The van der Waals surface area contributed by atoms with Crippen molar-refractivity contribution in [2.24, 2.45) is 0 Å². The molecule has 0 saturated heterocycles. The summed E-state index contributed by atoms with van der Waals surface area (Å²) in [6.07, 6.45) is 1.70. The molecule has 0 aliphatic carbocycles. The van der Waals surface area contributed by atoms with Crippen molar-refractivity contribution in [3.63, 3.8) is 0 Å². The second kappa shape index (κ2) is 5.96. The Kier molecular flexibility index (Phi) is 4.31. The third-order valence-electron chi connectivity index (χ3n) is 2.62. The summed E-state index contributed by atoms with van der Waals surface area (Å²) in [6.45, 7) is 1.31. The molecule has 2 heterocycles. The van der Waals surface area contributed by atoms with E-state index >= 15 is 0 Å². The molecular formula is C12H15N3O3S. The Hall–Kier alpha value is -1.70. The lowest BCUT2D eigenvalue weighted by Gasteiger charge is -2.11. The van der Waals surface area contributed by atoms with Gasteiger partial charge in [0.25, 0.3) is 5.91 Å². The molecule has 0 aliphatic rings. The number of hydrogen-bond acceptors (Lipinski definition) is 5. The zero-order valence-corrected chi connectivity index (χ0v) is 11.2. The van der Waals surface area contributed by atoms with Crippen molar-refractivity contribution in [3.05, 3.63) is 28.3 Å². The van der Waals surface area contributed by atoms with E-state index in [0.717, 1.165) is 16.3 Å². The van der Waals surface area contributed by atoms with Crippen LogP contribution in [0.2, 0.25) is 0 Å². The Labute approximate surface area is 114 Å². The molecule has 0 atom stereocenters. The molecule has 19 heavy (non-hydrogen) atoms. The van der Waals surface area contributed by atoms with Gasteiger partial charge in [-0.15, -0.1) is 11.3 Å². The summed E-state index contributed by atoms with van der Waals surface area (Å²) >= 11 is 1.54. The van der Waals surface area contributed by atoms with Crippen LogP contribution in [0.15, 0.2) is 17.6 Å². The SMILES string of the molecule is Cc1nc(-c2c[nH]c(C(=O)NC(CO)CO)c2)cs1. The average Bonchev–Trinajstić information content (AvgIpc) is 3.04. The van der Waals surface area contributed by atoms with Gasteiger partial charge in [0.15, 0.2) is 0 Å². The van der Waals surface area contributed by atoms with Crippen molar-refractivity contribution in [2.75, 3.05) is 13.2 Å². The molecule has 4 N–H and O–H groups in total. The third-order valence-corrected chi connectivity index (χ3v) is 3.39. The van der Waals surface area contributed by atoms with E-state index in [0.29, 0.717) is 5.69 Å². The van der Waals surface area contributed by atoms with Crippen LogP contribution in [0.5, 0.6) is 0 Å². The van der Waals surface area contributed by atoms with E-state index in [1.165, 1.54) is 0 Å². The fourth-order valence-electron chi connectivity index (χ4n) is 1.58. The monoisotopic (exact) mass is 281 g/mol. The van der Waals surface area contributed by atoms with E-state index in [1.807, 2.05) is 12.3 Å². The third kappa shape index (κ3) is 3.19. The number of aryl methyl sites for hydroxylation is 1. The van der Waals surface area contributed by atoms with E-state index in [2.05, 4.69) is 15.3 Å². The predicted octanol–water partition coefficient (Wildman–Crippen LogP) is 0.530. The Morgan fingerprint density at radius 3 is 2.84 bits per heavy atom. The molecule has 0 saturated carbocycles. The van der Waals surface area contributed by atoms with Gasteiger partial charge in [0.1, 0.15) is 5.69 Å². The fourth-order valence-corrected chi connectivity index (χ4v) is 2.20. The highest BCUT2D eigenvalue weighted by atomic mass is 32.1. The number of H-pyrrole nitrogens is 1. The number of thiazole rings is 1. The number of amides is 1. The highest BCUT2D eigenvalue weighted by Gasteiger charge is 2.14. The first-order valence-corrected chi connectivity index (χ1v) is 6.65. The van der Waals surface area contributed by atoms with Crippen molar-refractivity contribution in [1.29, 1.82) is 0 Å². The van der Waals surface area contributed by atoms with Crippen LogP contribution < -0.4 is 5.32 Å². The smallest absolute Gasteiger partial charge is 0.268 e. The van der Waals surface area contributed by atoms with Crippen LogP contribution in [0.3, 0.4) is 0 Å². The lowest BCUT2D eigenvalue weighted by atomic mass is 10.2. The number of hydrogen-bond donors (Lipinski definition) is 4. The molecule has 0 radical (unpaired) electrons. The summed E-state index contributed by atoms with van der Waals surface area (Å²) in [4.78, 5) is 19.0. The van der Waals surface area contributed by atoms with Crippen LogP contribution in [0, 0.1) is 6.92 Å². The average molecular weight is 281 g/mol. The molecule has 0 spiro atoms. The number of rotatable bonds is 5. The van der Waals surface area contributed by atoms with Gasteiger partial charge in [-0.05, 0) is 13.0 Å². The van der Waals surface area contributed by atoms with Gasteiger partial charge >= 0.3 is 0 Å². The van der Waals surface area contributed by atoms with Gasteiger partial charge in [0.05, 0.1) is 30.0 Å². The molecule has 0 bridgehead atoms. The maximum absolute atomic E-state index is 11.8. The van der Waals surface area contributed by atoms with Crippen molar-refractivity contribution in [2.45, 2.75) is 13.0 Å². The van der Waals surface area contributed by atoms with Gasteiger partial charge in [-0.25, -0.2) is 4.98 Å². The van der Waals surface area contributed by atoms with Crippen LogP contribution in [0.1, 0.15) is 15.5 Å². The Bertz CT molecular complexity index is 560. The fraction of sp³-hybridized carbons (Fsp3) is 0.333. The van der Waals surface area contributed by atoms with Gasteiger partial charge < -0.3 is 20.5 Å². The van der Waals surface area contributed by atoms with E-state index in [4.69, 9.17) is 10.2 Å². The number of carbonyl (C=O) groups excluding carboxylic acids is 1. The van der Waals surface area contributed by atoms with Crippen molar-refractivity contribution < 1.29 is 15.0 Å². The summed E-state index contributed by atoms with van der Waals surface area (Å²) in [5.41, 5.74) is 2.02. The highest BCUT2D eigenvalue weighted by Crippen LogP contribution is 2.22. The number of aliphatic hydroxyl groups is 2. The highest BCUT2D eigenvalue weighted by molar-refractivity contribution is 7.09. The minimum atomic E-state index is -0.652. The number of carbonyl (C=O) groups is 1. The molecule has 102 valence electrons. The van der Waals surface area contributed by atoms with Gasteiger partial charge in [-0.3, -0.25) is 4.79 Å². The van der Waals surface area contributed by atoms with Gasteiger partial charge in [-0.1, -0.05) is 0 Å². The number of nitrogens with zero attached hydrogens (tertiary/aromatic N) is 1. The zero-order chi connectivity index (χ0) is 13.8. The second-order valence-corrected chi connectivity index (χ2v) is 5.15. The van der Waals surface area contributed by atoms with E-state index in [9.17, 15) is 4.79 Å². The molecular weight excluding hydrogens is 266 g/mol. The quantitative estimate of drug-likeness (QED) is 0.642. The summed E-state index contributed by atoms with van der Waals surface area (Å²) in [7, 11) is 0. The van der Waals surface area contributed by atoms with Crippen LogP contribution in [0.25, 0.3) is 11.3 Å². The van der Waals surface area contributed by atoms with E-state index in [-0.39, 0.29) is 19.1 Å². The first-order valence-electron chi connectivity index (χ1n) is 5.77. The first kappa shape index (κ1) is 13.7. The summed E-state index contributed by atoms with van der Waals surface area (Å²) in [5, 5.41) is 23.2. The first-order chi connectivity index (χ1) is 9.13. The van der Waals surface area contributed by atoms with Gasteiger partial charge in [0, 0.05) is 17.1 Å². The van der Waals surface area contributed by atoms with Crippen LogP contribution in [-0.4, -0.2) is 45.3 Å². The molecule has 2 rings (SSSR count). The standard InChI is InChI=1S/C12H15N3O3S/c1-7-14-11(6-19-7)8-2-10(13-3-8)12(18)15-9(4-16)5-17/h2-3,6,9,13,16-17H,4-5H2,1H3,(H,15,18). The minimum absolute atomic E-state index is 0.304. The largest absolute Gasteiger partial charge is 0.394 e.